The number of aliphatic carboxylic acids is 1. The number of fused-ring (bicyclic) bond motifs is 1. The van der Waals surface area contributed by atoms with Crippen LogP contribution in [0.4, 0.5) is 0 Å². The highest BCUT2D eigenvalue weighted by Crippen LogP contribution is 2.45. The van der Waals surface area contributed by atoms with Crippen molar-refractivity contribution < 1.29 is 19.5 Å². The molecule has 23 heavy (non-hydrogen) atoms. The summed E-state index contributed by atoms with van der Waals surface area (Å²) < 4.78 is 0. The average molecular weight is 417 g/mol. The van der Waals surface area contributed by atoms with Crippen molar-refractivity contribution in [3.63, 3.8) is 0 Å². The third-order valence-electron chi connectivity index (χ3n) is 3.32. The normalized spacial score (nSPS) is 15.1. The van der Waals surface area contributed by atoms with Gasteiger partial charge < -0.3 is 5.11 Å². The minimum absolute atomic E-state index is 0.0959. The number of benzene rings is 1. The van der Waals surface area contributed by atoms with Gasteiger partial charge in [-0.25, -0.2) is 4.79 Å². The second-order valence-electron chi connectivity index (χ2n) is 4.62. The molecule has 10 heteroatoms. The number of hydrogen-bond acceptors (Lipinski definition) is 4. The van der Waals surface area contributed by atoms with Crippen molar-refractivity contribution >= 4 is 75.9 Å². The summed E-state index contributed by atoms with van der Waals surface area (Å²) in [5, 5.41) is 8.60. The molecule has 0 radical (unpaired) electrons. The molecule has 1 N–H and O–H groups in total. The summed E-state index contributed by atoms with van der Waals surface area (Å²) in [6.07, 6.45) is 1.88. The van der Waals surface area contributed by atoms with Gasteiger partial charge in [0.15, 0.2) is 0 Å². The van der Waals surface area contributed by atoms with Gasteiger partial charge in [0, 0.05) is 0 Å². The van der Waals surface area contributed by atoms with Gasteiger partial charge in [0.05, 0.1) is 31.2 Å². The molecule has 0 unspecified atom stereocenters. The third kappa shape index (κ3) is 3.03. The third-order valence-corrected chi connectivity index (χ3v) is 5.77. The van der Waals surface area contributed by atoms with Crippen molar-refractivity contribution in [2.75, 3.05) is 12.0 Å². The number of carboxylic acids is 1. The molecule has 1 aliphatic rings. The van der Waals surface area contributed by atoms with Crippen LogP contribution < -0.4 is 0 Å². The topological polar surface area (TPSA) is 74.7 Å². The Morgan fingerprint density at radius 1 is 1.04 bits per heavy atom. The number of hydrogen-bond donors (Lipinski definition) is 1. The van der Waals surface area contributed by atoms with Crippen LogP contribution in [0.15, 0.2) is 0 Å². The van der Waals surface area contributed by atoms with E-state index < -0.39 is 23.8 Å². The fourth-order valence-corrected chi connectivity index (χ4v) is 3.72. The summed E-state index contributed by atoms with van der Waals surface area (Å²) in [5.74, 6) is -2.53. The van der Waals surface area contributed by atoms with Crippen LogP contribution in [0.25, 0.3) is 0 Å². The Morgan fingerprint density at radius 2 is 1.48 bits per heavy atom. The number of amides is 2. The van der Waals surface area contributed by atoms with E-state index in [2.05, 4.69) is 0 Å². The smallest absolute Gasteiger partial charge is 0.326 e. The Morgan fingerprint density at radius 3 is 1.83 bits per heavy atom. The van der Waals surface area contributed by atoms with Crippen LogP contribution >= 0.6 is 58.2 Å². The summed E-state index contributed by atoms with van der Waals surface area (Å²) in [6.45, 7) is 0. The van der Waals surface area contributed by atoms with Crippen LogP contribution in [0, 0.1) is 0 Å². The van der Waals surface area contributed by atoms with Crippen molar-refractivity contribution in [1.29, 1.82) is 0 Å². The number of carbonyl (C=O) groups excluding carboxylic acids is 2. The van der Waals surface area contributed by atoms with E-state index >= 15 is 0 Å². The summed E-state index contributed by atoms with van der Waals surface area (Å²) in [4.78, 5) is 37.2. The van der Waals surface area contributed by atoms with Crippen molar-refractivity contribution in [2.45, 2.75) is 12.5 Å². The first kappa shape index (κ1) is 18.7. The highest BCUT2D eigenvalue weighted by molar-refractivity contribution is 7.98. The van der Waals surface area contributed by atoms with Crippen LogP contribution in [0.2, 0.25) is 20.1 Å². The predicted octanol–water partition coefficient (Wildman–Crippen LogP) is 4.10. The molecule has 124 valence electrons. The minimum Gasteiger partial charge on any atom is -0.480 e. The maximum atomic E-state index is 12.5. The zero-order valence-electron chi connectivity index (χ0n) is 11.5. The van der Waals surface area contributed by atoms with Crippen molar-refractivity contribution in [1.82, 2.24) is 4.90 Å². The molecule has 2 amide bonds. The van der Waals surface area contributed by atoms with Gasteiger partial charge in [-0.3, -0.25) is 14.5 Å². The zero-order chi connectivity index (χ0) is 17.5. The minimum atomic E-state index is -1.32. The molecule has 1 aromatic rings. The number of halogens is 4. The molecule has 5 nitrogen and oxygen atoms in total. The molecule has 0 aromatic heterocycles. The molecular formula is C13H9Cl4NO4S. The van der Waals surface area contributed by atoms with Crippen LogP contribution in [0.5, 0.6) is 0 Å². The van der Waals surface area contributed by atoms with Crippen LogP contribution in [0.3, 0.4) is 0 Å². The number of carboxylic acid groups (broad SMARTS) is 1. The van der Waals surface area contributed by atoms with Gasteiger partial charge in [-0.1, -0.05) is 46.4 Å². The van der Waals surface area contributed by atoms with E-state index in [1.54, 1.807) is 6.26 Å². The van der Waals surface area contributed by atoms with E-state index in [9.17, 15) is 19.5 Å². The maximum Gasteiger partial charge on any atom is 0.326 e. The average Bonchev–Trinajstić information content (AvgIpc) is 2.75. The lowest BCUT2D eigenvalue weighted by Gasteiger charge is -2.22. The molecular weight excluding hydrogens is 408 g/mol. The summed E-state index contributed by atoms with van der Waals surface area (Å²) in [7, 11) is 0. The summed E-state index contributed by atoms with van der Waals surface area (Å²) >= 11 is 25.2. The van der Waals surface area contributed by atoms with Gasteiger partial charge in [-0.2, -0.15) is 11.8 Å². The highest BCUT2D eigenvalue weighted by Gasteiger charge is 2.46. The van der Waals surface area contributed by atoms with Crippen molar-refractivity contribution in [3.8, 4) is 0 Å². The van der Waals surface area contributed by atoms with E-state index in [0.717, 1.165) is 0 Å². The lowest BCUT2D eigenvalue weighted by Crippen LogP contribution is -2.45. The number of carbonyl (C=O) groups is 3. The maximum absolute atomic E-state index is 12.5. The highest BCUT2D eigenvalue weighted by atomic mass is 35.5. The molecule has 1 atom stereocenters. The van der Waals surface area contributed by atoms with Crippen LogP contribution in [0.1, 0.15) is 27.1 Å². The first-order chi connectivity index (χ1) is 10.7. The summed E-state index contributed by atoms with van der Waals surface area (Å²) in [5.41, 5.74) is -0.432. The first-order valence-electron chi connectivity index (χ1n) is 6.19. The molecule has 0 saturated carbocycles. The van der Waals surface area contributed by atoms with E-state index in [4.69, 9.17) is 46.4 Å². The monoisotopic (exact) mass is 415 g/mol. The fourth-order valence-electron chi connectivity index (χ4n) is 2.24. The first-order valence-corrected chi connectivity index (χ1v) is 9.10. The van der Waals surface area contributed by atoms with Gasteiger partial charge in [0.2, 0.25) is 0 Å². The number of thioether (sulfide) groups is 1. The SMILES string of the molecule is CSCC[C@@H](C(=O)O)N1C(=O)c2c(Cl)c(Cl)c(Cl)c(Cl)c2C1=O. The van der Waals surface area contributed by atoms with Gasteiger partial charge in [-0.15, -0.1) is 0 Å². The van der Waals surface area contributed by atoms with E-state index in [-0.39, 0.29) is 37.6 Å². The Labute approximate surface area is 155 Å². The summed E-state index contributed by atoms with van der Waals surface area (Å²) in [6, 6.07) is -1.32. The second-order valence-corrected chi connectivity index (χ2v) is 7.12. The quantitative estimate of drug-likeness (QED) is 0.444. The lowest BCUT2D eigenvalue weighted by molar-refractivity contribution is -0.141. The van der Waals surface area contributed by atoms with E-state index in [1.807, 2.05) is 0 Å². The lowest BCUT2D eigenvalue weighted by atomic mass is 10.1. The Kier molecular flexibility index (Phi) is 5.74. The number of imide groups is 1. The molecule has 0 aliphatic carbocycles. The van der Waals surface area contributed by atoms with Crippen LogP contribution in [-0.2, 0) is 4.79 Å². The largest absolute Gasteiger partial charge is 0.480 e. The van der Waals surface area contributed by atoms with Gasteiger partial charge >= 0.3 is 5.97 Å². The van der Waals surface area contributed by atoms with E-state index in [0.29, 0.717) is 10.7 Å². The Balaban J connectivity index is 2.59. The zero-order valence-corrected chi connectivity index (χ0v) is 15.4. The van der Waals surface area contributed by atoms with E-state index in [1.165, 1.54) is 11.8 Å². The molecule has 0 bridgehead atoms. The molecule has 2 rings (SSSR count). The van der Waals surface area contributed by atoms with Crippen LogP contribution in [-0.4, -0.2) is 45.8 Å². The standard InChI is InChI=1S/C13H9Cl4NO4S/c1-23-3-2-4(13(21)22)18-11(19)5-6(12(18)20)8(15)10(17)9(16)7(5)14/h4H,2-3H2,1H3,(H,21,22)/t4-/m0/s1. The second kappa shape index (κ2) is 7.07. The Hall–Kier alpha value is -0.660. The van der Waals surface area contributed by atoms with Gasteiger partial charge in [0.25, 0.3) is 11.8 Å². The molecule has 1 heterocycles. The molecule has 0 saturated heterocycles. The van der Waals surface area contributed by atoms with Crippen molar-refractivity contribution in [2.24, 2.45) is 0 Å². The Bertz CT molecular complexity index is 678. The van der Waals surface area contributed by atoms with Crippen molar-refractivity contribution in [3.05, 3.63) is 31.2 Å². The number of nitrogens with zero attached hydrogens (tertiary/aromatic N) is 1. The molecule has 1 aromatic carbocycles. The fraction of sp³-hybridized carbons (Fsp3) is 0.308. The predicted molar refractivity (Wildman–Crippen MR) is 91.4 cm³/mol. The molecule has 0 spiro atoms. The molecule has 0 fully saturated rings. The van der Waals surface area contributed by atoms with Gasteiger partial charge in [-0.05, 0) is 18.4 Å². The van der Waals surface area contributed by atoms with Gasteiger partial charge in [0.1, 0.15) is 6.04 Å². The number of rotatable bonds is 5. The molecule has 1 aliphatic heterocycles.